The van der Waals surface area contributed by atoms with Crippen LogP contribution in [0, 0.1) is 5.41 Å². The molecule has 0 bridgehead atoms. The summed E-state index contributed by atoms with van der Waals surface area (Å²) >= 11 is 0.936. The Bertz CT molecular complexity index is 526. The van der Waals surface area contributed by atoms with E-state index < -0.39 is 40.0 Å². The van der Waals surface area contributed by atoms with E-state index in [-0.39, 0.29) is 11.7 Å². The quantitative estimate of drug-likeness (QED) is 0.657. The maximum absolute atomic E-state index is 12.6. The second-order valence-electron chi connectivity index (χ2n) is 7.42. The van der Waals surface area contributed by atoms with Crippen LogP contribution in [0.5, 0.6) is 0 Å². The molecule has 2 amide bonds. The number of esters is 1. The first-order valence-electron chi connectivity index (χ1n) is 8.19. The molecule has 7 nitrogen and oxygen atoms in total. The van der Waals surface area contributed by atoms with Gasteiger partial charge in [-0.3, -0.25) is 14.4 Å². The van der Waals surface area contributed by atoms with E-state index in [0.717, 1.165) is 11.8 Å². The van der Waals surface area contributed by atoms with E-state index in [1.807, 2.05) is 20.8 Å². The first-order valence-corrected chi connectivity index (χ1v) is 9.07. The van der Waals surface area contributed by atoms with Gasteiger partial charge in [0.05, 0.1) is 11.9 Å². The van der Waals surface area contributed by atoms with Crippen LogP contribution in [0.2, 0.25) is 0 Å². The topological polar surface area (TPSA) is 102 Å². The summed E-state index contributed by atoms with van der Waals surface area (Å²) in [5.41, 5.74) is -1.72. The van der Waals surface area contributed by atoms with Crippen LogP contribution in [0.3, 0.4) is 0 Å². The molecule has 0 spiro atoms. The van der Waals surface area contributed by atoms with E-state index in [9.17, 15) is 19.2 Å². The molecule has 0 aliphatic heterocycles. The molecule has 0 aliphatic carbocycles. The van der Waals surface area contributed by atoms with Crippen molar-refractivity contribution in [1.82, 2.24) is 10.6 Å². The molecule has 0 aromatic heterocycles. The summed E-state index contributed by atoms with van der Waals surface area (Å²) in [4.78, 5) is 48.1. The van der Waals surface area contributed by atoms with Crippen molar-refractivity contribution < 1.29 is 23.9 Å². The Balaban J connectivity index is 5.07. The summed E-state index contributed by atoms with van der Waals surface area (Å²) in [6.45, 7) is 13.4. The summed E-state index contributed by atoms with van der Waals surface area (Å²) < 4.78 is 4.84. The lowest BCUT2D eigenvalue weighted by atomic mass is 9.90. The fourth-order valence-corrected chi connectivity index (χ4v) is 2.77. The van der Waals surface area contributed by atoms with Gasteiger partial charge in [-0.15, -0.1) is 0 Å². The molecule has 2 N–H and O–H groups in total. The number of thioether (sulfide) groups is 1. The van der Waals surface area contributed by atoms with Gasteiger partial charge in [-0.25, -0.2) is 4.79 Å². The maximum atomic E-state index is 12.6. The molecular weight excluding hydrogens is 344 g/mol. The average molecular weight is 375 g/mol. The average Bonchev–Trinajstić information content (AvgIpc) is 2.42. The van der Waals surface area contributed by atoms with Gasteiger partial charge in [0.15, 0.2) is 5.12 Å². The van der Waals surface area contributed by atoms with Crippen LogP contribution in [0.1, 0.15) is 55.4 Å². The molecular formula is C17H30N2O5S. The molecule has 1 unspecified atom stereocenters. The van der Waals surface area contributed by atoms with Gasteiger partial charge in [0.2, 0.25) is 11.8 Å². The number of nitrogens with one attached hydrogen (secondary N) is 2. The number of ether oxygens (including phenoxy) is 1. The predicted molar refractivity (Wildman–Crippen MR) is 98.0 cm³/mol. The molecule has 8 heteroatoms. The summed E-state index contributed by atoms with van der Waals surface area (Å²) in [5.74, 6) is -1.46. The largest absolute Gasteiger partial charge is 0.464 e. The molecule has 0 radical (unpaired) electrons. The Morgan fingerprint density at radius 3 is 2.00 bits per heavy atom. The van der Waals surface area contributed by atoms with E-state index >= 15 is 0 Å². The Hall–Kier alpha value is -1.57. The lowest BCUT2D eigenvalue weighted by molar-refractivity contribution is -0.147. The molecule has 0 saturated carbocycles. The Morgan fingerprint density at radius 1 is 1.08 bits per heavy atom. The molecule has 0 aromatic rings. The van der Waals surface area contributed by atoms with E-state index in [1.54, 1.807) is 6.92 Å². The first-order chi connectivity index (χ1) is 11.2. The standard InChI is InChI=1S/C17H30N2O5S/c1-9-24-14(22)10(2)18-15(23)17(7,8)19-13(21)12(16(4,5)6)25-11(3)20/h10,12H,9H2,1-8H3,(H,18,23)(H,19,21)/t10-,12?/m0/s1. The molecule has 25 heavy (non-hydrogen) atoms. The van der Waals surface area contributed by atoms with E-state index in [1.165, 1.54) is 27.7 Å². The number of hydrogen-bond donors (Lipinski definition) is 2. The Labute approximate surface area is 154 Å². The molecule has 0 aliphatic rings. The van der Waals surface area contributed by atoms with Crippen LogP contribution in [0.25, 0.3) is 0 Å². The SMILES string of the molecule is CCOC(=O)[C@H](C)NC(=O)C(C)(C)NC(=O)C(SC(C)=O)C(C)(C)C. The predicted octanol–water partition coefficient (Wildman–Crippen LogP) is 1.64. The van der Waals surface area contributed by atoms with Crippen molar-refractivity contribution in [2.75, 3.05) is 6.61 Å². The van der Waals surface area contributed by atoms with Gasteiger partial charge in [-0.05, 0) is 33.1 Å². The van der Waals surface area contributed by atoms with Crippen LogP contribution in [0.4, 0.5) is 0 Å². The second kappa shape index (κ2) is 9.22. The van der Waals surface area contributed by atoms with E-state index in [4.69, 9.17) is 4.74 Å². The Morgan fingerprint density at radius 2 is 1.60 bits per heavy atom. The minimum Gasteiger partial charge on any atom is -0.464 e. The normalized spacial score (nSPS) is 14.2. The molecule has 144 valence electrons. The minimum atomic E-state index is -1.25. The zero-order valence-corrected chi connectivity index (χ0v) is 17.1. The summed E-state index contributed by atoms with van der Waals surface area (Å²) in [6.07, 6.45) is 0. The van der Waals surface area contributed by atoms with Crippen molar-refractivity contribution in [3.05, 3.63) is 0 Å². The monoisotopic (exact) mass is 374 g/mol. The highest BCUT2D eigenvalue weighted by Crippen LogP contribution is 2.31. The molecule has 2 atom stereocenters. The molecule has 0 aromatic carbocycles. The number of rotatable bonds is 7. The lowest BCUT2D eigenvalue weighted by Gasteiger charge is -2.33. The van der Waals surface area contributed by atoms with Crippen molar-refractivity contribution >= 4 is 34.7 Å². The fraction of sp³-hybridized carbons (Fsp3) is 0.765. The number of hydrogen-bond acceptors (Lipinski definition) is 6. The van der Waals surface area contributed by atoms with Gasteiger partial charge in [0, 0.05) is 6.92 Å². The minimum absolute atomic E-state index is 0.173. The highest BCUT2D eigenvalue weighted by atomic mass is 32.2. The third-order valence-electron chi connectivity index (χ3n) is 3.30. The molecule has 0 saturated heterocycles. The third kappa shape index (κ3) is 7.90. The molecule has 0 fully saturated rings. The number of amides is 2. The van der Waals surface area contributed by atoms with Crippen molar-refractivity contribution in [2.24, 2.45) is 5.41 Å². The first kappa shape index (κ1) is 23.4. The van der Waals surface area contributed by atoms with Crippen LogP contribution in [-0.4, -0.2) is 46.3 Å². The summed E-state index contributed by atoms with van der Waals surface area (Å²) in [6, 6.07) is -0.825. The zero-order valence-electron chi connectivity index (χ0n) is 16.3. The number of carbonyl (C=O) groups is 4. The van der Waals surface area contributed by atoms with Crippen LogP contribution in [0.15, 0.2) is 0 Å². The molecule has 0 rings (SSSR count). The van der Waals surface area contributed by atoms with Crippen LogP contribution < -0.4 is 10.6 Å². The van der Waals surface area contributed by atoms with Gasteiger partial charge in [-0.2, -0.15) is 0 Å². The fourth-order valence-electron chi connectivity index (χ4n) is 1.92. The zero-order chi connectivity index (χ0) is 20.0. The smallest absolute Gasteiger partial charge is 0.328 e. The van der Waals surface area contributed by atoms with E-state index in [2.05, 4.69) is 10.6 Å². The number of carbonyl (C=O) groups excluding carboxylic acids is 4. The van der Waals surface area contributed by atoms with Crippen molar-refractivity contribution in [2.45, 2.75) is 72.2 Å². The van der Waals surface area contributed by atoms with Crippen LogP contribution >= 0.6 is 11.8 Å². The van der Waals surface area contributed by atoms with Gasteiger partial charge in [0.1, 0.15) is 11.6 Å². The highest BCUT2D eigenvalue weighted by molar-refractivity contribution is 8.14. The van der Waals surface area contributed by atoms with Crippen LogP contribution in [-0.2, 0) is 23.9 Å². The maximum Gasteiger partial charge on any atom is 0.328 e. The van der Waals surface area contributed by atoms with Crippen molar-refractivity contribution in [1.29, 1.82) is 0 Å². The third-order valence-corrected chi connectivity index (χ3v) is 4.79. The lowest BCUT2D eigenvalue weighted by Crippen LogP contribution is -2.59. The Kier molecular flexibility index (Phi) is 8.64. The van der Waals surface area contributed by atoms with E-state index in [0.29, 0.717) is 0 Å². The summed E-state index contributed by atoms with van der Waals surface area (Å²) in [7, 11) is 0. The van der Waals surface area contributed by atoms with Crippen molar-refractivity contribution in [3.8, 4) is 0 Å². The van der Waals surface area contributed by atoms with Gasteiger partial charge < -0.3 is 15.4 Å². The summed E-state index contributed by atoms with van der Waals surface area (Å²) in [5, 5.41) is 4.38. The van der Waals surface area contributed by atoms with Gasteiger partial charge >= 0.3 is 5.97 Å². The second-order valence-corrected chi connectivity index (χ2v) is 8.70. The van der Waals surface area contributed by atoms with Crippen molar-refractivity contribution in [3.63, 3.8) is 0 Å². The highest BCUT2D eigenvalue weighted by Gasteiger charge is 2.38. The molecule has 0 heterocycles. The van der Waals surface area contributed by atoms with Gasteiger partial charge in [0.25, 0.3) is 0 Å². The van der Waals surface area contributed by atoms with Gasteiger partial charge in [-0.1, -0.05) is 32.5 Å².